The highest BCUT2D eigenvalue weighted by Gasteiger charge is 2.31. The van der Waals surface area contributed by atoms with Crippen LogP contribution in [0, 0.1) is 11.8 Å². The van der Waals surface area contributed by atoms with E-state index in [0.29, 0.717) is 17.7 Å². The van der Waals surface area contributed by atoms with Gasteiger partial charge in [0.1, 0.15) is 5.82 Å². The standard InChI is InChI=1S/C12H18N2O/c1-8-10(2-3-11(8)15)6-9-4-5-14-12(13)7-9/h4-5,7-8,10-11,15H,2-3,6H2,1H3,(H2,13,14). The van der Waals surface area contributed by atoms with Gasteiger partial charge in [-0.05, 0) is 48.8 Å². The zero-order valence-corrected chi connectivity index (χ0v) is 9.06. The Morgan fingerprint density at radius 3 is 2.93 bits per heavy atom. The molecule has 3 atom stereocenters. The van der Waals surface area contributed by atoms with Gasteiger partial charge >= 0.3 is 0 Å². The Morgan fingerprint density at radius 1 is 1.53 bits per heavy atom. The topological polar surface area (TPSA) is 59.1 Å². The minimum atomic E-state index is -0.116. The maximum Gasteiger partial charge on any atom is 0.123 e. The lowest BCUT2D eigenvalue weighted by Crippen LogP contribution is -2.16. The molecule has 1 heterocycles. The average Bonchev–Trinajstić information content (AvgIpc) is 2.50. The fraction of sp³-hybridized carbons (Fsp3) is 0.583. The van der Waals surface area contributed by atoms with Crippen LogP contribution in [0.25, 0.3) is 0 Å². The van der Waals surface area contributed by atoms with Crippen LogP contribution in [0.1, 0.15) is 25.3 Å². The van der Waals surface area contributed by atoms with Crippen molar-refractivity contribution in [3.05, 3.63) is 23.9 Å². The van der Waals surface area contributed by atoms with E-state index in [1.54, 1.807) is 6.20 Å². The van der Waals surface area contributed by atoms with Gasteiger partial charge in [-0.25, -0.2) is 4.98 Å². The lowest BCUT2D eigenvalue weighted by Gasteiger charge is -2.17. The number of aliphatic hydroxyl groups excluding tert-OH is 1. The van der Waals surface area contributed by atoms with Crippen LogP contribution in [0.5, 0.6) is 0 Å². The molecule has 1 fully saturated rings. The highest BCUT2D eigenvalue weighted by Crippen LogP contribution is 2.34. The van der Waals surface area contributed by atoms with Crippen LogP contribution in [0.4, 0.5) is 5.82 Å². The molecule has 3 nitrogen and oxygen atoms in total. The third-order valence-electron chi connectivity index (χ3n) is 3.53. The van der Waals surface area contributed by atoms with Crippen LogP contribution in [-0.4, -0.2) is 16.2 Å². The Morgan fingerprint density at radius 2 is 2.33 bits per heavy atom. The zero-order chi connectivity index (χ0) is 10.8. The van der Waals surface area contributed by atoms with Crippen molar-refractivity contribution >= 4 is 5.82 Å². The summed E-state index contributed by atoms with van der Waals surface area (Å²) in [6.45, 7) is 2.13. The second-order valence-corrected chi connectivity index (χ2v) is 4.56. The molecule has 1 aliphatic rings. The van der Waals surface area contributed by atoms with Gasteiger partial charge < -0.3 is 10.8 Å². The maximum absolute atomic E-state index is 9.66. The van der Waals surface area contributed by atoms with Crippen LogP contribution in [-0.2, 0) is 6.42 Å². The molecule has 1 aromatic rings. The number of hydrogen-bond acceptors (Lipinski definition) is 3. The van der Waals surface area contributed by atoms with Crippen LogP contribution >= 0.6 is 0 Å². The fourth-order valence-electron chi connectivity index (χ4n) is 2.44. The first-order valence-electron chi connectivity index (χ1n) is 5.55. The van der Waals surface area contributed by atoms with Crippen LogP contribution < -0.4 is 5.73 Å². The number of aliphatic hydroxyl groups is 1. The second kappa shape index (κ2) is 4.19. The highest BCUT2D eigenvalue weighted by molar-refractivity contribution is 5.32. The van der Waals surface area contributed by atoms with Crippen molar-refractivity contribution in [1.82, 2.24) is 4.98 Å². The van der Waals surface area contributed by atoms with Gasteiger partial charge in [-0.15, -0.1) is 0 Å². The van der Waals surface area contributed by atoms with Gasteiger partial charge in [0, 0.05) is 6.20 Å². The molecule has 0 radical (unpaired) electrons. The van der Waals surface area contributed by atoms with Crippen molar-refractivity contribution < 1.29 is 5.11 Å². The van der Waals surface area contributed by atoms with Gasteiger partial charge in [0.05, 0.1) is 6.10 Å². The van der Waals surface area contributed by atoms with E-state index < -0.39 is 0 Å². The number of rotatable bonds is 2. The van der Waals surface area contributed by atoms with Crippen molar-refractivity contribution in [2.75, 3.05) is 5.73 Å². The quantitative estimate of drug-likeness (QED) is 0.773. The summed E-state index contributed by atoms with van der Waals surface area (Å²) >= 11 is 0. The number of hydrogen-bond donors (Lipinski definition) is 2. The predicted octanol–water partition coefficient (Wildman–Crippen LogP) is 1.61. The number of nitrogens with zero attached hydrogens (tertiary/aromatic N) is 1. The molecule has 15 heavy (non-hydrogen) atoms. The molecule has 2 rings (SSSR count). The number of anilines is 1. The van der Waals surface area contributed by atoms with Gasteiger partial charge in [0.15, 0.2) is 0 Å². The first-order chi connectivity index (χ1) is 7.16. The summed E-state index contributed by atoms with van der Waals surface area (Å²) in [5.74, 6) is 1.57. The Bertz CT molecular complexity index is 340. The SMILES string of the molecule is CC1C(O)CCC1Cc1ccnc(N)c1. The highest BCUT2D eigenvalue weighted by atomic mass is 16.3. The minimum Gasteiger partial charge on any atom is -0.393 e. The Hall–Kier alpha value is -1.09. The van der Waals surface area contributed by atoms with Crippen LogP contribution in [0.2, 0.25) is 0 Å². The molecule has 0 bridgehead atoms. The molecule has 0 saturated heterocycles. The average molecular weight is 206 g/mol. The van der Waals surface area contributed by atoms with Crippen molar-refractivity contribution in [2.45, 2.75) is 32.3 Å². The molecule has 0 aromatic carbocycles. The van der Waals surface area contributed by atoms with Crippen LogP contribution in [0.15, 0.2) is 18.3 Å². The molecular formula is C12H18N2O. The molecule has 1 saturated carbocycles. The summed E-state index contributed by atoms with van der Waals surface area (Å²) in [7, 11) is 0. The molecule has 0 amide bonds. The number of pyridine rings is 1. The first-order valence-corrected chi connectivity index (χ1v) is 5.55. The van der Waals surface area contributed by atoms with E-state index in [4.69, 9.17) is 5.73 Å². The second-order valence-electron chi connectivity index (χ2n) is 4.56. The Balaban J connectivity index is 2.03. The van der Waals surface area contributed by atoms with Gasteiger partial charge in [-0.1, -0.05) is 6.92 Å². The Labute approximate surface area is 90.3 Å². The molecule has 0 spiro atoms. The van der Waals surface area contributed by atoms with E-state index in [0.717, 1.165) is 19.3 Å². The number of nitrogen functional groups attached to an aromatic ring is 1. The van der Waals surface area contributed by atoms with Crippen molar-refractivity contribution in [2.24, 2.45) is 11.8 Å². The number of nitrogens with two attached hydrogens (primary N) is 1. The number of aromatic nitrogens is 1. The smallest absolute Gasteiger partial charge is 0.123 e. The minimum absolute atomic E-state index is 0.116. The van der Waals surface area contributed by atoms with Gasteiger partial charge in [0.2, 0.25) is 0 Å². The first kappa shape index (κ1) is 10.4. The summed E-state index contributed by atoms with van der Waals surface area (Å²) in [6.07, 6.45) is 4.69. The van der Waals surface area contributed by atoms with E-state index in [1.807, 2.05) is 12.1 Å². The summed E-state index contributed by atoms with van der Waals surface area (Å²) in [5.41, 5.74) is 6.86. The third kappa shape index (κ3) is 2.29. The van der Waals surface area contributed by atoms with Crippen molar-refractivity contribution in [3.63, 3.8) is 0 Å². The van der Waals surface area contributed by atoms with Gasteiger partial charge in [-0.2, -0.15) is 0 Å². The molecule has 1 aromatic heterocycles. The maximum atomic E-state index is 9.66. The molecule has 82 valence electrons. The van der Waals surface area contributed by atoms with Gasteiger partial charge in [0.25, 0.3) is 0 Å². The largest absolute Gasteiger partial charge is 0.393 e. The molecule has 0 aliphatic heterocycles. The zero-order valence-electron chi connectivity index (χ0n) is 9.06. The lowest BCUT2D eigenvalue weighted by atomic mass is 9.90. The van der Waals surface area contributed by atoms with Crippen molar-refractivity contribution in [1.29, 1.82) is 0 Å². The molecule has 3 N–H and O–H groups in total. The van der Waals surface area contributed by atoms with E-state index in [-0.39, 0.29) is 6.10 Å². The summed E-state index contributed by atoms with van der Waals surface area (Å²) < 4.78 is 0. The van der Waals surface area contributed by atoms with E-state index in [1.165, 1.54) is 5.56 Å². The predicted molar refractivity (Wildman–Crippen MR) is 60.2 cm³/mol. The van der Waals surface area contributed by atoms with E-state index >= 15 is 0 Å². The summed E-state index contributed by atoms with van der Waals surface area (Å²) in [6, 6.07) is 3.94. The molecule has 1 aliphatic carbocycles. The van der Waals surface area contributed by atoms with Crippen LogP contribution in [0.3, 0.4) is 0 Å². The fourth-order valence-corrected chi connectivity index (χ4v) is 2.44. The Kier molecular flexibility index (Phi) is 2.91. The van der Waals surface area contributed by atoms with Gasteiger partial charge in [-0.3, -0.25) is 0 Å². The lowest BCUT2D eigenvalue weighted by molar-refractivity contribution is 0.127. The van der Waals surface area contributed by atoms with E-state index in [2.05, 4.69) is 11.9 Å². The normalized spacial score (nSPS) is 30.7. The third-order valence-corrected chi connectivity index (χ3v) is 3.53. The van der Waals surface area contributed by atoms with Crippen molar-refractivity contribution in [3.8, 4) is 0 Å². The molecule has 3 unspecified atom stereocenters. The monoisotopic (exact) mass is 206 g/mol. The van der Waals surface area contributed by atoms with E-state index in [9.17, 15) is 5.11 Å². The summed E-state index contributed by atoms with van der Waals surface area (Å²) in [5, 5.41) is 9.66. The molecular weight excluding hydrogens is 188 g/mol. The molecule has 3 heteroatoms. The summed E-state index contributed by atoms with van der Waals surface area (Å²) in [4.78, 5) is 3.98.